The van der Waals surface area contributed by atoms with Crippen LogP contribution in [-0.4, -0.2) is 23.6 Å². The van der Waals surface area contributed by atoms with Crippen LogP contribution in [0.2, 0.25) is 5.02 Å². The molecule has 1 aromatic heterocycles. The van der Waals surface area contributed by atoms with Crippen LogP contribution < -0.4 is 5.32 Å². The normalized spacial score (nSPS) is 10.2. The van der Waals surface area contributed by atoms with Crippen molar-refractivity contribution in [2.75, 3.05) is 11.9 Å². The molecule has 0 spiro atoms. The van der Waals surface area contributed by atoms with Gasteiger partial charge in [0.2, 0.25) is 5.76 Å². The molecule has 21 heavy (non-hydrogen) atoms. The van der Waals surface area contributed by atoms with Gasteiger partial charge in [0.05, 0.1) is 11.4 Å². The summed E-state index contributed by atoms with van der Waals surface area (Å²) in [7, 11) is 0. The lowest BCUT2D eigenvalue weighted by Gasteiger charge is -2.06. The summed E-state index contributed by atoms with van der Waals surface area (Å²) >= 11 is 5.59. The van der Waals surface area contributed by atoms with Gasteiger partial charge in [-0.15, -0.1) is 0 Å². The zero-order chi connectivity index (χ0) is 15.4. The maximum Gasteiger partial charge on any atom is 0.377 e. The number of nitrogens with one attached hydrogen (secondary N) is 1. The number of aryl methyl sites for hydroxylation is 1. The molecule has 0 unspecified atom stereocenters. The summed E-state index contributed by atoms with van der Waals surface area (Å²) in [6, 6.07) is 5.15. The van der Waals surface area contributed by atoms with Crippen LogP contribution in [0.25, 0.3) is 0 Å². The van der Waals surface area contributed by atoms with Gasteiger partial charge in [0.15, 0.2) is 6.61 Å². The van der Waals surface area contributed by atoms with Gasteiger partial charge in [0.25, 0.3) is 5.91 Å². The summed E-state index contributed by atoms with van der Waals surface area (Å²) in [5.74, 6) is -2.32. The first-order chi connectivity index (χ1) is 9.95. The molecule has 0 bridgehead atoms. The lowest BCUT2D eigenvalue weighted by molar-refractivity contribution is -0.119. The smallest absolute Gasteiger partial charge is 0.377 e. The Morgan fingerprint density at radius 2 is 2.19 bits per heavy atom. The molecule has 0 radical (unpaired) electrons. The maximum atomic E-state index is 13.4. The number of hydrogen-bond donors (Lipinski definition) is 1. The average molecular weight is 313 g/mol. The number of nitrogens with zero attached hydrogens (tertiary/aromatic N) is 1. The van der Waals surface area contributed by atoms with Gasteiger partial charge in [0.1, 0.15) is 5.82 Å². The molecule has 0 saturated carbocycles. The molecular formula is C13H10ClFN2O4. The van der Waals surface area contributed by atoms with Crippen LogP contribution >= 0.6 is 11.6 Å². The molecule has 0 aliphatic rings. The minimum atomic E-state index is -0.831. The molecule has 0 aliphatic heterocycles. The molecule has 1 aromatic carbocycles. The molecule has 0 saturated heterocycles. The summed E-state index contributed by atoms with van der Waals surface area (Å²) in [6.07, 6.45) is 0. The van der Waals surface area contributed by atoms with Crippen molar-refractivity contribution in [2.45, 2.75) is 6.92 Å². The van der Waals surface area contributed by atoms with E-state index in [4.69, 9.17) is 16.3 Å². The van der Waals surface area contributed by atoms with Gasteiger partial charge in [-0.05, 0) is 25.1 Å². The van der Waals surface area contributed by atoms with E-state index in [0.717, 1.165) is 6.07 Å². The molecule has 2 aromatic rings. The summed E-state index contributed by atoms with van der Waals surface area (Å²) in [5.41, 5.74) is 0.450. The number of amides is 1. The van der Waals surface area contributed by atoms with Crippen LogP contribution in [0.15, 0.2) is 28.8 Å². The summed E-state index contributed by atoms with van der Waals surface area (Å²) in [6.45, 7) is 1.05. The fourth-order valence-electron chi connectivity index (χ4n) is 1.44. The molecule has 0 aliphatic carbocycles. The molecule has 1 amide bonds. The van der Waals surface area contributed by atoms with Crippen LogP contribution in [0.4, 0.5) is 10.1 Å². The van der Waals surface area contributed by atoms with Crippen LogP contribution in [0.5, 0.6) is 0 Å². The van der Waals surface area contributed by atoms with Crippen molar-refractivity contribution in [3.63, 3.8) is 0 Å². The van der Waals surface area contributed by atoms with E-state index < -0.39 is 24.3 Å². The largest absolute Gasteiger partial charge is 0.450 e. The van der Waals surface area contributed by atoms with E-state index in [0.29, 0.717) is 5.69 Å². The molecule has 2 rings (SSSR count). The summed E-state index contributed by atoms with van der Waals surface area (Å²) in [5, 5.41) is 5.97. The minimum absolute atomic E-state index is 0.0593. The third-order valence-electron chi connectivity index (χ3n) is 2.37. The number of benzene rings is 1. The number of ether oxygens (including phenoxy) is 1. The van der Waals surface area contributed by atoms with Crippen LogP contribution in [0, 0.1) is 12.7 Å². The molecule has 6 nitrogen and oxygen atoms in total. The molecule has 1 heterocycles. The fourth-order valence-corrected chi connectivity index (χ4v) is 1.60. The van der Waals surface area contributed by atoms with Crippen molar-refractivity contribution in [1.29, 1.82) is 0 Å². The van der Waals surface area contributed by atoms with Crippen molar-refractivity contribution < 1.29 is 23.2 Å². The van der Waals surface area contributed by atoms with E-state index in [1.807, 2.05) is 0 Å². The first-order valence-corrected chi connectivity index (χ1v) is 6.19. The van der Waals surface area contributed by atoms with E-state index in [9.17, 15) is 14.0 Å². The Hall–Kier alpha value is -2.41. The van der Waals surface area contributed by atoms with Crippen LogP contribution in [-0.2, 0) is 9.53 Å². The molecule has 1 N–H and O–H groups in total. The topological polar surface area (TPSA) is 81.4 Å². The average Bonchev–Trinajstić information content (AvgIpc) is 2.86. The molecule has 110 valence electrons. The number of esters is 1. The monoisotopic (exact) mass is 312 g/mol. The fraction of sp³-hybridized carbons (Fsp3) is 0.154. The van der Waals surface area contributed by atoms with Gasteiger partial charge in [-0.3, -0.25) is 4.79 Å². The van der Waals surface area contributed by atoms with E-state index in [1.165, 1.54) is 18.2 Å². The number of anilines is 1. The third kappa shape index (κ3) is 4.03. The first-order valence-electron chi connectivity index (χ1n) is 5.81. The first kappa shape index (κ1) is 15.0. The van der Waals surface area contributed by atoms with Crippen molar-refractivity contribution in [1.82, 2.24) is 5.16 Å². The van der Waals surface area contributed by atoms with E-state index in [1.54, 1.807) is 6.92 Å². The molecule has 0 fully saturated rings. The number of carbonyl (C=O) groups excluding carboxylic acids is 2. The highest BCUT2D eigenvalue weighted by atomic mass is 35.5. The van der Waals surface area contributed by atoms with Gasteiger partial charge < -0.3 is 14.6 Å². The standard InChI is InChI=1S/C13H10ClFN2O4/c1-7-4-11(21-17-7)13(19)20-6-12(18)16-10-3-2-8(14)5-9(10)15/h2-5H,6H2,1H3,(H,16,18). The second kappa shape index (κ2) is 6.36. The maximum absolute atomic E-state index is 13.4. The SMILES string of the molecule is Cc1cc(C(=O)OCC(=O)Nc2ccc(Cl)cc2F)on1. The zero-order valence-electron chi connectivity index (χ0n) is 10.9. The van der Waals surface area contributed by atoms with E-state index in [-0.39, 0.29) is 16.5 Å². The van der Waals surface area contributed by atoms with Crippen LogP contribution in [0.3, 0.4) is 0 Å². The Labute approximate surface area is 123 Å². The predicted octanol–water partition coefficient (Wildman–Crippen LogP) is 2.57. The molecule has 0 atom stereocenters. The van der Waals surface area contributed by atoms with Gasteiger partial charge in [0, 0.05) is 11.1 Å². The molecule has 8 heteroatoms. The second-order valence-electron chi connectivity index (χ2n) is 4.08. The summed E-state index contributed by atoms with van der Waals surface area (Å²) < 4.78 is 22.8. The number of rotatable bonds is 4. The van der Waals surface area contributed by atoms with Crippen molar-refractivity contribution >= 4 is 29.2 Å². The Morgan fingerprint density at radius 3 is 2.81 bits per heavy atom. The lowest BCUT2D eigenvalue weighted by Crippen LogP contribution is -2.21. The van der Waals surface area contributed by atoms with E-state index >= 15 is 0 Å². The Kier molecular flexibility index (Phi) is 4.54. The van der Waals surface area contributed by atoms with Gasteiger partial charge in [-0.25, -0.2) is 9.18 Å². The second-order valence-corrected chi connectivity index (χ2v) is 4.52. The predicted molar refractivity (Wildman–Crippen MR) is 71.6 cm³/mol. The Morgan fingerprint density at radius 1 is 1.43 bits per heavy atom. The molecular weight excluding hydrogens is 303 g/mol. The Bertz CT molecular complexity index is 687. The quantitative estimate of drug-likeness (QED) is 0.877. The summed E-state index contributed by atoms with van der Waals surface area (Å²) in [4.78, 5) is 23.1. The van der Waals surface area contributed by atoms with Gasteiger partial charge >= 0.3 is 5.97 Å². The highest BCUT2D eigenvalue weighted by Crippen LogP contribution is 2.18. The number of aromatic nitrogens is 1. The third-order valence-corrected chi connectivity index (χ3v) is 2.60. The number of hydrogen-bond acceptors (Lipinski definition) is 5. The van der Waals surface area contributed by atoms with Crippen molar-refractivity contribution in [3.05, 3.63) is 46.6 Å². The van der Waals surface area contributed by atoms with Gasteiger partial charge in [-0.2, -0.15) is 0 Å². The van der Waals surface area contributed by atoms with Gasteiger partial charge in [-0.1, -0.05) is 16.8 Å². The Balaban J connectivity index is 1.89. The van der Waals surface area contributed by atoms with E-state index in [2.05, 4.69) is 15.0 Å². The van der Waals surface area contributed by atoms with Crippen molar-refractivity contribution in [3.8, 4) is 0 Å². The highest BCUT2D eigenvalue weighted by Gasteiger charge is 2.15. The lowest BCUT2D eigenvalue weighted by atomic mass is 10.3. The number of halogens is 2. The number of carbonyl (C=O) groups is 2. The zero-order valence-corrected chi connectivity index (χ0v) is 11.6. The van der Waals surface area contributed by atoms with Crippen LogP contribution in [0.1, 0.15) is 16.2 Å². The minimum Gasteiger partial charge on any atom is -0.450 e. The highest BCUT2D eigenvalue weighted by molar-refractivity contribution is 6.30. The van der Waals surface area contributed by atoms with Crippen molar-refractivity contribution in [2.24, 2.45) is 0 Å².